The summed E-state index contributed by atoms with van der Waals surface area (Å²) in [6.45, 7) is 1.85. The van der Waals surface area contributed by atoms with E-state index < -0.39 is 5.97 Å². The minimum absolute atomic E-state index is 0.148. The third-order valence-electron chi connectivity index (χ3n) is 2.19. The topological polar surface area (TPSA) is 75.3 Å². The molecule has 0 amide bonds. The summed E-state index contributed by atoms with van der Waals surface area (Å²) in [7, 11) is 0. The largest absolute Gasteiger partial charge is 0.507 e. The fourth-order valence-corrected chi connectivity index (χ4v) is 1.48. The lowest BCUT2D eigenvalue weighted by atomic mass is 10.1. The van der Waals surface area contributed by atoms with Crippen molar-refractivity contribution in [1.82, 2.24) is 9.78 Å². The van der Waals surface area contributed by atoms with Crippen LogP contribution in [0.5, 0.6) is 5.75 Å². The highest BCUT2D eigenvalue weighted by atomic mass is 16.4. The number of phenols is 1. The minimum atomic E-state index is -1.18. The smallest absolute Gasteiger partial charge is 0.341 e. The molecule has 0 unspecified atom stereocenters. The van der Waals surface area contributed by atoms with Gasteiger partial charge in [0.25, 0.3) is 0 Å². The second-order valence-corrected chi connectivity index (χ2v) is 3.44. The fourth-order valence-electron chi connectivity index (χ4n) is 1.48. The maximum absolute atomic E-state index is 11.0. The van der Waals surface area contributed by atoms with E-state index in [9.17, 15) is 9.90 Å². The summed E-state index contributed by atoms with van der Waals surface area (Å²) in [6, 6.07) is 4.51. The van der Waals surface area contributed by atoms with Crippen LogP contribution < -0.4 is 0 Å². The summed E-state index contributed by atoms with van der Waals surface area (Å²) in [5.74, 6) is -1.44. The van der Waals surface area contributed by atoms with Gasteiger partial charge in [0.2, 0.25) is 0 Å². The van der Waals surface area contributed by atoms with E-state index in [1.807, 2.05) is 6.92 Å². The zero-order valence-corrected chi connectivity index (χ0v) is 8.58. The molecule has 2 rings (SSSR count). The Morgan fingerprint density at radius 1 is 1.44 bits per heavy atom. The highest BCUT2D eigenvalue weighted by molar-refractivity contribution is 5.94. The van der Waals surface area contributed by atoms with Gasteiger partial charge in [-0.1, -0.05) is 6.07 Å². The number of nitrogens with zero attached hydrogens (tertiary/aromatic N) is 2. The number of aromatic carboxylic acids is 1. The van der Waals surface area contributed by atoms with E-state index in [0.29, 0.717) is 5.69 Å². The number of aromatic hydroxyl groups is 1. The molecular formula is C11H10N2O3. The van der Waals surface area contributed by atoms with Gasteiger partial charge in [0.1, 0.15) is 11.3 Å². The van der Waals surface area contributed by atoms with Crippen LogP contribution in [0.3, 0.4) is 0 Å². The van der Waals surface area contributed by atoms with E-state index >= 15 is 0 Å². The first-order valence-electron chi connectivity index (χ1n) is 4.66. The number of benzene rings is 1. The second kappa shape index (κ2) is 3.69. The molecule has 0 bridgehead atoms. The first-order valence-corrected chi connectivity index (χ1v) is 4.66. The van der Waals surface area contributed by atoms with Gasteiger partial charge in [-0.2, -0.15) is 5.10 Å². The van der Waals surface area contributed by atoms with E-state index in [0.717, 1.165) is 5.56 Å². The van der Waals surface area contributed by atoms with Gasteiger partial charge >= 0.3 is 5.97 Å². The third kappa shape index (κ3) is 1.63. The molecule has 1 aromatic carbocycles. The van der Waals surface area contributed by atoms with E-state index in [1.54, 1.807) is 24.5 Å². The van der Waals surface area contributed by atoms with Crippen LogP contribution >= 0.6 is 0 Å². The van der Waals surface area contributed by atoms with Crippen LogP contribution in [-0.4, -0.2) is 26.0 Å². The van der Waals surface area contributed by atoms with E-state index in [2.05, 4.69) is 5.10 Å². The molecule has 0 fully saturated rings. The Bertz CT molecular complexity index is 546. The van der Waals surface area contributed by atoms with Gasteiger partial charge in [0.15, 0.2) is 0 Å². The van der Waals surface area contributed by atoms with Gasteiger partial charge in [0.05, 0.1) is 11.9 Å². The number of carbonyl (C=O) groups is 1. The molecule has 5 heteroatoms. The van der Waals surface area contributed by atoms with Crippen LogP contribution in [0.1, 0.15) is 15.9 Å². The molecule has 0 aliphatic carbocycles. The molecule has 0 aliphatic heterocycles. The molecule has 0 aliphatic rings. The lowest BCUT2D eigenvalue weighted by Crippen LogP contribution is -2.06. The van der Waals surface area contributed by atoms with Crippen molar-refractivity contribution in [2.75, 3.05) is 0 Å². The molecule has 0 saturated heterocycles. The average molecular weight is 218 g/mol. The number of aryl methyl sites for hydroxylation is 1. The van der Waals surface area contributed by atoms with Crippen LogP contribution in [-0.2, 0) is 0 Å². The molecule has 0 spiro atoms. The van der Waals surface area contributed by atoms with Crippen LogP contribution in [0.4, 0.5) is 0 Å². The maximum Gasteiger partial charge on any atom is 0.341 e. The third-order valence-corrected chi connectivity index (χ3v) is 2.19. The zero-order chi connectivity index (χ0) is 11.7. The fraction of sp³-hybridized carbons (Fsp3) is 0.0909. The molecule has 5 nitrogen and oxygen atoms in total. The van der Waals surface area contributed by atoms with Gasteiger partial charge < -0.3 is 10.2 Å². The van der Waals surface area contributed by atoms with E-state index in [1.165, 1.54) is 10.7 Å². The summed E-state index contributed by atoms with van der Waals surface area (Å²) in [5, 5.41) is 22.5. The number of aromatic nitrogens is 2. The Morgan fingerprint density at radius 2 is 2.19 bits per heavy atom. The first-order chi connectivity index (χ1) is 7.59. The average Bonchev–Trinajstić information content (AvgIpc) is 2.63. The highest BCUT2D eigenvalue weighted by Gasteiger charge is 2.16. The summed E-state index contributed by atoms with van der Waals surface area (Å²) in [4.78, 5) is 11.0. The molecule has 16 heavy (non-hydrogen) atoms. The molecule has 0 radical (unpaired) electrons. The quantitative estimate of drug-likeness (QED) is 0.802. The maximum atomic E-state index is 11.0. The van der Waals surface area contributed by atoms with Crippen molar-refractivity contribution in [1.29, 1.82) is 0 Å². The Balaban J connectivity index is 2.65. The van der Waals surface area contributed by atoms with Crippen molar-refractivity contribution in [3.05, 3.63) is 41.7 Å². The van der Waals surface area contributed by atoms with Crippen LogP contribution in [0.2, 0.25) is 0 Å². The molecular weight excluding hydrogens is 208 g/mol. The number of hydrogen-bond acceptors (Lipinski definition) is 3. The molecule has 2 N–H and O–H groups in total. The Labute approximate surface area is 91.6 Å². The van der Waals surface area contributed by atoms with Crippen molar-refractivity contribution in [2.24, 2.45) is 0 Å². The Kier molecular flexibility index (Phi) is 2.36. The molecule has 1 aromatic heterocycles. The number of carboxylic acid groups (broad SMARTS) is 1. The normalized spacial score (nSPS) is 10.3. The van der Waals surface area contributed by atoms with Crippen LogP contribution in [0.25, 0.3) is 5.69 Å². The van der Waals surface area contributed by atoms with Crippen molar-refractivity contribution in [2.45, 2.75) is 6.92 Å². The van der Waals surface area contributed by atoms with Crippen molar-refractivity contribution in [3.63, 3.8) is 0 Å². The van der Waals surface area contributed by atoms with Crippen LogP contribution in [0, 0.1) is 6.92 Å². The second-order valence-electron chi connectivity index (χ2n) is 3.44. The summed E-state index contributed by atoms with van der Waals surface area (Å²) < 4.78 is 1.43. The lowest BCUT2D eigenvalue weighted by molar-refractivity contribution is 0.0693. The Hall–Kier alpha value is -2.30. The predicted molar refractivity (Wildman–Crippen MR) is 56.9 cm³/mol. The summed E-state index contributed by atoms with van der Waals surface area (Å²) >= 11 is 0. The standard InChI is InChI=1S/C11H10N2O3/c1-7-5-12-13(6-7)8-3-2-4-9(14)10(8)11(15)16/h2-6,14H,1H3,(H,15,16). The van der Waals surface area contributed by atoms with Gasteiger partial charge in [-0.15, -0.1) is 0 Å². The molecule has 0 saturated carbocycles. The number of hydrogen-bond donors (Lipinski definition) is 2. The van der Waals surface area contributed by atoms with Crippen molar-refractivity contribution < 1.29 is 15.0 Å². The van der Waals surface area contributed by atoms with Crippen LogP contribution in [0.15, 0.2) is 30.6 Å². The molecule has 2 aromatic rings. The lowest BCUT2D eigenvalue weighted by Gasteiger charge is -2.07. The summed E-state index contributed by atoms with van der Waals surface area (Å²) in [6.07, 6.45) is 3.32. The SMILES string of the molecule is Cc1cnn(-c2cccc(O)c2C(=O)O)c1. The predicted octanol–water partition coefficient (Wildman–Crippen LogP) is 1.58. The Morgan fingerprint density at radius 3 is 2.75 bits per heavy atom. The summed E-state index contributed by atoms with van der Waals surface area (Å²) in [5.41, 5.74) is 1.12. The van der Waals surface area contributed by atoms with Gasteiger partial charge in [-0.25, -0.2) is 9.48 Å². The van der Waals surface area contributed by atoms with Gasteiger partial charge in [-0.3, -0.25) is 0 Å². The number of carboxylic acids is 1. The van der Waals surface area contributed by atoms with Gasteiger partial charge in [0, 0.05) is 6.20 Å². The molecule has 82 valence electrons. The highest BCUT2D eigenvalue weighted by Crippen LogP contribution is 2.23. The van der Waals surface area contributed by atoms with Crippen molar-refractivity contribution in [3.8, 4) is 11.4 Å². The zero-order valence-electron chi connectivity index (χ0n) is 8.58. The van der Waals surface area contributed by atoms with Crippen molar-refractivity contribution >= 4 is 5.97 Å². The minimum Gasteiger partial charge on any atom is -0.507 e. The molecule has 1 heterocycles. The molecule has 0 atom stereocenters. The monoisotopic (exact) mass is 218 g/mol. The number of rotatable bonds is 2. The van der Waals surface area contributed by atoms with Gasteiger partial charge in [-0.05, 0) is 24.6 Å². The first kappa shape index (κ1) is 10.2. The van der Waals surface area contributed by atoms with E-state index in [4.69, 9.17) is 5.11 Å². The van der Waals surface area contributed by atoms with E-state index in [-0.39, 0.29) is 11.3 Å².